The number of rotatable bonds is 3. The average molecular weight is 468 g/mol. The van der Waals surface area contributed by atoms with E-state index in [4.69, 9.17) is 19.7 Å². The van der Waals surface area contributed by atoms with Crippen molar-refractivity contribution in [2.24, 2.45) is 5.41 Å². The van der Waals surface area contributed by atoms with Gasteiger partial charge in [0.15, 0.2) is 0 Å². The van der Waals surface area contributed by atoms with Crippen LogP contribution in [-0.4, -0.2) is 50.4 Å². The monoisotopic (exact) mass is 467 g/mol. The van der Waals surface area contributed by atoms with E-state index in [-0.39, 0.29) is 12.1 Å². The van der Waals surface area contributed by atoms with E-state index in [1.54, 1.807) is 0 Å². The SMILES string of the molecule is OC1CC2(CCN(c3ncc(-c4ccc5nc6n(c5c4)[C@@H](c4ccccc4)COC6)cn3)CC2)C1. The topological polar surface area (TPSA) is 76.3 Å². The molecule has 7 nitrogen and oxygen atoms in total. The summed E-state index contributed by atoms with van der Waals surface area (Å²) in [5.74, 6) is 1.76. The van der Waals surface area contributed by atoms with Crippen LogP contribution in [-0.2, 0) is 11.3 Å². The van der Waals surface area contributed by atoms with E-state index < -0.39 is 0 Å². The van der Waals surface area contributed by atoms with Crippen molar-refractivity contribution in [2.45, 2.75) is 44.4 Å². The maximum absolute atomic E-state index is 9.73. The molecule has 7 rings (SSSR count). The highest BCUT2D eigenvalue weighted by Crippen LogP contribution is 2.49. The number of ether oxygens (including phenoxy) is 1. The van der Waals surface area contributed by atoms with Crippen molar-refractivity contribution < 1.29 is 9.84 Å². The number of aliphatic hydroxyl groups is 1. The van der Waals surface area contributed by atoms with Gasteiger partial charge < -0.3 is 19.3 Å². The molecule has 4 aromatic rings. The molecule has 4 heterocycles. The van der Waals surface area contributed by atoms with Crippen molar-refractivity contribution in [2.75, 3.05) is 24.6 Å². The van der Waals surface area contributed by atoms with Crippen LogP contribution >= 0.6 is 0 Å². The largest absolute Gasteiger partial charge is 0.393 e. The molecule has 2 aliphatic heterocycles. The van der Waals surface area contributed by atoms with E-state index in [0.717, 1.165) is 72.7 Å². The molecule has 35 heavy (non-hydrogen) atoms. The highest BCUT2D eigenvalue weighted by atomic mass is 16.5. The predicted octanol–water partition coefficient (Wildman–Crippen LogP) is 4.35. The Labute approximate surface area is 204 Å². The first-order chi connectivity index (χ1) is 17.2. The summed E-state index contributed by atoms with van der Waals surface area (Å²) >= 11 is 0. The minimum absolute atomic E-state index is 0.0914. The molecule has 1 saturated heterocycles. The van der Waals surface area contributed by atoms with E-state index in [9.17, 15) is 5.11 Å². The standard InChI is InChI=1S/C28H29N5O2/c34-22-13-28(14-22)8-10-32(11-9-28)27-29-15-21(16-30-27)20-6-7-23-24(12-20)33-25(17-35-18-26(33)31-23)19-4-2-1-3-5-19/h1-7,12,15-16,22,25,34H,8-11,13-14,17-18H2/t25-/m1/s1. The Kier molecular flexibility index (Phi) is 4.89. The fourth-order valence-electron chi connectivity index (χ4n) is 6.19. The van der Waals surface area contributed by atoms with E-state index in [2.05, 4.69) is 51.9 Å². The fraction of sp³-hybridized carbons (Fsp3) is 0.393. The average Bonchev–Trinajstić information content (AvgIpc) is 3.27. The molecule has 0 radical (unpaired) electrons. The molecule has 2 aromatic heterocycles. The van der Waals surface area contributed by atoms with E-state index >= 15 is 0 Å². The molecular formula is C28H29N5O2. The highest BCUT2D eigenvalue weighted by Gasteiger charge is 2.45. The zero-order chi connectivity index (χ0) is 23.4. The summed E-state index contributed by atoms with van der Waals surface area (Å²) in [6, 6.07) is 17.0. The number of benzene rings is 2. The lowest BCUT2D eigenvalue weighted by Crippen LogP contribution is -2.49. The summed E-state index contributed by atoms with van der Waals surface area (Å²) in [6.07, 6.45) is 7.93. The van der Waals surface area contributed by atoms with Gasteiger partial charge in [-0.05, 0) is 54.4 Å². The normalized spacial score (nSPS) is 21.7. The Bertz CT molecular complexity index is 1350. The number of fused-ring (bicyclic) bond motifs is 3. The fourth-order valence-corrected chi connectivity index (χ4v) is 6.19. The lowest BCUT2D eigenvalue weighted by atomic mass is 9.61. The zero-order valence-corrected chi connectivity index (χ0v) is 19.7. The van der Waals surface area contributed by atoms with Crippen LogP contribution in [0.25, 0.3) is 22.2 Å². The number of aromatic nitrogens is 4. The molecule has 1 atom stereocenters. The van der Waals surface area contributed by atoms with Gasteiger partial charge in [-0.3, -0.25) is 0 Å². The van der Waals surface area contributed by atoms with Crippen molar-refractivity contribution in [3.63, 3.8) is 0 Å². The van der Waals surface area contributed by atoms with Gasteiger partial charge in [-0.25, -0.2) is 15.0 Å². The van der Waals surface area contributed by atoms with Gasteiger partial charge in [-0.1, -0.05) is 36.4 Å². The van der Waals surface area contributed by atoms with Gasteiger partial charge in [-0.15, -0.1) is 0 Å². The maximum Gasteiger partial charge on any atom is 0.225 e. The summed E-state index contributed by atoms with van der Waals surface area (Å²) in [4.78, 5) is 16.6. The summed E-state index contributed by atoms with van der Waals surface area (Å²) < 4.78 is 8.21. The van der Waals surface area contributed by atoms with Crippen LogP contribution in [0.2, 0.25) is 0 Å². The van der Waals surface area contributed by atoms with Gasteiger partial charge in [0.05, 0.1) is 29.8 Å². The lowest BCUT2D eigenvalue weighted by Gasteiger charge is -2.50. The van der Waals surface area contributed by atoms with Crippen LogP contribution in [0.5, 0.6) is 0 Å². The van der Waals surface area contributed by atoms with Crippen molar-refractivity contribution in [1.82, 2.24) is 19.5 Å². The molecule has 3 aliphatic rings. The quantitative estimate of drug-likeness (QED) is 0.483. The molecule has 0 unspecified atom stereocenters. The second-order valence-electron chi connectivity index (χ2n) is 10.4. The second kappa shape index (κ2) is 8.14. The summed E-state index contributed by atoms with van der Waals surface area (Å²) in [5.41, 5.74) is 5.78. The molecule has 2 fully saturated rings. The molecule has 7 heteroatoms. The molecular weight excluding hydrogens is 438 g/mol. The van der Waals surface area contributed by atoms with Crippen molar-refractivity contribution in [3.8, 4) is 11.1 Å². The third-order valence-corrected chi connectivity index (χ3v) is 8.18. The third kappa shape index (κ3) is 3.61. The van der Waals surface area contributed by atoms with E-state index in [1.807, 2.05) is 18.5 Å². The molecule has 1 aliphatic carbocycles. The van der Waals surface area contributed by atoms with Crippen molar-refractivity contribution in [1.29, 1.82) is 0 Å². The maximum atomic E-state index is 9.73. The van der Waals surface area contributed by atoms with Crippen LogP contribution in [0.3, 0.4) is 0 Å². The molecule has 1 saturated carbocycles. The van der Waals surface area contributed by atoms with Crippen LogP contribution in [0.15, 0.2) is 60.9 Å². The van der Waals surface area contributed by atoms with Crippen molar-refractivity contribution in [3.05, 3.63) is 72.3 Å². The summed E-state index contributed by atoms with van der Waals surface area (Å²) in [5, 5.41) is 9.73. The first-order valence-electron chi connectivity index (χ1n) is 12.6. The van der Waals surface area contributed by atoms with Gasteiger partial charge in [0, 0.05) is 31.0 Å². The van der Waals surface area contributed by atoms with Crippen molar-refractivity contribution >= 4 is 17.0 Å². The first kappa shape index (κ1) is 21.0. The molecule has 0 amide bonds. The molecule has 0 bridgehead atoms. The lowest BCUT2D eigenvalue weighted by molar-refractivity contribution is -0.0465. The van der Waals surface area contributed by atoms with Crippen LogP contribution in [0.4, 0.5) is 5.95 Å². The number of piperidine rings is 1. The second-order valence-corrected chi connectivity index (χ2v) is 10.4. The Morgan fingerprint density at radius 2 is 1.71 bits per heavy atom. The molecule has 1 N–H and O–H groups in total. The number of hydrogen-bond donors (Lipinski definition) is 1. The number of nitrogens with zero attached hydrogens (tertiary/aromatic N) is 5. The molecule has 2 aromatic carbocycles. The Hall–Kier alpha value is -3.29. The van der Waals surface area contributed by atoms with Gasteiger partial charge >= 0.3 is 0 Å². The smallest absolute Gasteiger partial charge is 0.225 e. The zero-order valence-electron chi connectivity index (χ0n) is 19.7. The number of hydrogen-bond acceptors (Lipinski definition) is 6. The minimum atomic E-state index is -0.0914. The Morgan fingerprint density at radius 1 is 0.943 bits per heavy atom. The van der Waals surface area contributed by atoms with Crippen LogP contribution in [0, 0.1) is 5.41 Å². The van der Waals surface area contributed by atoms with Gasteiger partial charge in [0.25, 0.3) is 0 Å². The van der Waals surface area contributed by atoms with Gasteiger partial charge in [0.2, 0.25) is 5.95 Å². The molecule has 178 valence electrons. The van der Waals surface area contributed by atoms with Gasteiger partial charge in [-0.2, -0.15) is 0 Å². The van der Waals surface area contributed by atoms with Gasteiger partial charge in [0.1, 0.15) is 12.4 Å². The Morgan fingerprint density at radius 3 is 2.46 bits per heavy atom. The number of imidazole rings is 1. The highest BCUT2D eigenvalue weighted by molar-refractivity contribution is 5.83. The minimum Gasteiger partial charge on any atom is -0.393 e. The summed E-state index contributed by atoms with van der Waals surface area (Å²) in [7, 11) is 0. The van der Waals surface area contributed by atoms with E-state index in [1.165, 1.54) is 5.56 Å². The number of aliphatic hydroxyl groups excluding tert-OH is 1. The van der Waals surface area contributed by atoms with Crippen LogP contribution < -0.4 is 4.90 Å². The number of anilines is 1. The predicted molar refractivity (Wildman–Crippen MR) is 134 cm³/mol. The molecule has 1 spiro atoms. The van der Waals surface area contributed by atoms with E-state index in [0.29, 0.717) is 18.6 Å². The third-order valence-electron chi connectivity index (χ3n) is 8.18. The van der Waals surface area contributed by atoms with Crippen LogP contribution in [0.1, 0.15) is 43.1 Å². The first-order valence-corrected chi connectivity index (χ1v) is 12.6. The Balaban J connectivity index is 1.16. The summed E-state index contributed by atoms with van der Waals surface area (Å²) in [6.45, 7) is 3.09.